The van der Waals surface area contributed by atoms with Crippen LogP contribution in [0.5, 0.6) is 0 Å². The van der Waals surface area contributed by atoms with Gasteiger partial charge in [0, 0.05) is 31.8 Å². The first-order valence-corrected chi connectivity index (χ1v) is 10.9. The summed E-state index contributed by atoms with van der Waals surface area (Å²) < 4.78 is 46.1. The third kappa shape index (κ3) is 5.13. The number of carbonyl (C=O) groups excluding carboxylic acids is 1. The van der Waals surface area contributed by atoms with Crippen molar-refractivity contribution in [3.05, 3.63) is 41.6 Å². The smallest absolute Gasteiger partial charge is 0.394 e. The van der Waals surface area contributed by atoms with E-state index in [4.69, 9.17) is 9.84 Å². The number of ketones is 1. The number of aryl methyl sites for hydroxylation is 1. The molecule has 8 nitrogen and oxygen atoms in total. The molecular formula is C21H20F3N5O3S. The fraction of sp³-hybridized carbons (Fsp3) is 0.333. The predicted molar refractivity (Wildman–Crippen MR) is 118 cm³/mol. The molecule has 0 aliphatic rings. The molecule has 0 saturated heterocycles. The number of hydrogen-bond acceptors (Lipinski definition) is 8. The molecule has 4 rings (SSSR count). The number of nitrogens with zero attached hydrogens (tertiary/aromatic N) is 4. The van der Waals surface area contributed by atoms with Gasteiger partial charge in [0.05, 0.1) is 29.0 Å². The highest BCUT2D eigenvalue weighted by Gasteiger charge is 2.30. The van der Waals surface area contributed by atoms with Crippen molar-refractivity contribution < 1.29 is 27.8 Å². The lowest BCUT2D eigenvalue weighted by atomic mass is 10.1. The van der Waals surface area contributed by atoms with E-state index in [-0.39, 0.29) is 25.4 Å². The molecule has 1 aromatic carbocycles. The van der Waals surface area contributed by atoms with Gasteiger partial charge in [0.15, 0.2) is 16.6 Å². The van der Waals surface area contributed by atoms with Gasteiger partial charge in [-0.3, -0.25) is 9.36 Å². The molecule has 33 heavy (non-hydrogen) atoms. The van der Waals surface area contributed by atoms with E-state index >= 15 is 0 Å². The van der Waals surface area contributed by atoms with E-state index in [1.165, 1.54) is 12.3 Å². The molecule has 12 heteroatoms. The largest absolute Gasteiger partial charge is 0.416 e. The number of ether oxygens (including phenoxy) is 1. The fourth-order valence-electron chi connectivity index (χ4n) is 3.24. The number of Topliss-reactive ketones (excluding diaryl/α,β-unsaturated/α-hetero) is 1. The highest BCUT2D eigenvalue weighted by atomic mass is 32.1. The number of pyridine rings is 1. The highest BCUT2D eigenvalue weighted by Crippen LogP contribution is 2.35. The van der Waals surface area contributed by atoms with Crippen LogP contribution in [-0.2, 0) is 18.0 Å². The van der Waals surface area contributed by atoms with E-state index in [1.807, 2.05) is 0 Å². The second-order valence-corrected chi connectivity index (χ2v) is 8.28. The highest BCUT2D eigenvalue weighted by molar-refractivity contribution is 7.22. The minimum absolute atomic E-state index is 0.0593. The summed E-state index contributed by atoms with van der Waals surface area (Å²) in [5, 5.41) is 12.1. The second kappa shape index (κ2) is 9.41. The van der Waals surface area contributed by atoms with Gasteiger partial charge in [-0.2, -0.15) is 13.2 Å². The molecule has 2 N–H and O–H groups in total. The maximum absolute atomic E-state index is 13.0. The van der Waals surface area contributed by atoms with Gasteiger partial charge in [-0.05, 0) is 30.7 Å². The fourth-order valence-corrected chi connectivity index (χ4v) is 4.13. The minimum atomic E-state index is -4.42. The van der Waals surface area contributed by atoms with Gasteiger partial charge in [-0.1, -0.05) is 11.3 Å². The number of hydrogen-bond donors (Lipinski definition) is 2. The zero-order valence-electron chi connectivity index (χ0n) is 17.5. The summed E-state index contributed by atoms with van der Waals surface area (Å²) in [4.78, 5) is 25.6. The number of thiazole rings is 1. The molecular weight excluding hydrogens is 459 g/mol. The standard InChI is InChI=1S/C21H20F3N5O3S/c1-29-18-15(9-12(11-25-18)16(31)3-2-7-32-8-6-30)26-19(29)28-20-27-14-5-4-13(21(22,23)24)10-17(14)33-20/h4-5,9-11,30H,2-3,6-8H2,1H3,(H,26,27,28). The number of rotatable bonds is 9. The van der Waals surface area contributed by atoms with E-state index in [1.54, 1.807) is 17.7 Å². The van der Waals surface area contributed by atoms with Crippen LogP contribution < -0.4 is 5.32 Å². The molecule has 0 aliphatic carbocycles. The van der Waals surface area contributed by atoms with Crippen LogP contribution in [0.15, 0.2) is 30.5 Å². The molecule has 0 saturated carbocycles. The third-order valence-electron chi connectivity index (χ3n) is 4.89. The number of aliphatic hydroxyl groups is 1. The first-order chi connectivity index (χ1) is 15.8. The molecule has 0 radical (unpaired) electrons. The van der Waals surface area contributed by atoms with Crippen molar-refractivity contribution in [2.75, 3.05) is 25.1 Å². The van der Waals surface area contributed by atoms with Gasteiger partial charge in [0.1, 0.15) is 5.52 Å². The first kappa shape index (κ1) is 23.1. The molecule has 0 bridgehead atoms. The van der Waals surface area contributed by atoms with Crippen LogP contribution in [0.4, 0.5) is 24.3 Å². The van der Waals surface area contributed by atoms with E-state index in [0.717, 1.165) is 23.5 Å². The van der Waals surface area contributed by atoms with Crippen LogP contribution in [-0.4, -0.2) is 50.2 Å². The summed E-state index contributed by atoms with van der Waals surface area (Å²) in [6.45, 7) is 0.562. The number of aromatic nitrogens is 4. The first-order valence-electron chi connectivity index (χ1n) is 10.1. The molecule has 0 fully saturated rings. The van der Waals surface area contributed by atoms with Crippen molar-refractivity contribution >= 4 is 49.6 Å². The van der Waals surface area contributed by atoms with E-state index in [0.29, 0.717) is 51.1 Å². The van der Waals surface area contributed by atoms with E-state index < -0.39 is 11.7 Å². The Morgan fingerprint density at radius 2 is 2.03 bits per heavy atom. The Kier molecular flexibility index (Phi) is 6.58. The lowest BCUT2D eigenvalue weighted by molar-refractivity contribution is -0.137. The number of halogens is 3. The summed E-state index contributed by atoms with van der Waals surface area (Å²) in [7, 11) is 1.74. The molecule has 3 heterocycles. The average molecular weight is 479 g/mol. The summed E-state index contributed by atoms with van der Waals surface area (Å²) in [5.41, 5.74) is 1.19. The number of aliphatic hydroxyl groups excluding tert-OH is 1. The monoisotopic (exact) mass is 479 g/mol. The number of benzene rings is 1. The van der Waals surface area contributed by atoms with Crippen molar-refractivity contribution in [1.29, 1.82) is 0 Å². The summed E-state index contributed by atoms with van der Waals surface area (Å²) in [6, 6.07) is 5.06. The van der Waals surface area contributed by atoms with E-state index in [2.05, 4.69) is 20.3 Å². The zero-order valence-corrected chi connectivity index (χ0v) is 18.3. The molecule has 174 valence electrons. The molecule has 4 aromatic rings. The van der Waals surface area contributed by atoms with Gasteiger partial charge in [-0.15, -0.1) is 0 Å². The lowest BCUT2D eigenvalue weighted by Gasteiger charge is -2.04. The summed E-state index contributed by atoms with van der Waals surface area (Å²) >= 11 is 1.09. The maximum Gasteiger partial charge on any atom is 0.416 e. The maximum atomic E-state index is 13.0. The molecule has 0 unspecified atom stereocenters. The van der Waals surface area contributed by atoms with Gasteiger partial charge >= 0.3 is 6.18 Å². The Morgan fingerprint density at radius 3 is 2.79 bits per heavy atom. The Labute approximate surface area is 190 Å². The Bertz CT molecular complexity index is 1300. The quantitative estimate of drug-likeness (QED) is 0.272. The zero-order chi connectivity index (χ0) is 23.6. The van der Waals surface area contributed by atoms with Crippen molar-refractivity contribution in [3.63, 3.8) is 0 Å². The number of carbonyl (C=O) groups is 1. The van der Waals surface area contributed by atoms with Crippen molar-refractivity contribution in [2.24, 2.45) is 7.05 Å². The van der Waals surface area contributed by atoms with Crippen LogP contribution in [0.25, 0.3) is 21.4 Å². The predicted octanol–water partition coefficient (Wildman–Crippen LogP) is 4.31. The number of nitrogens with one attached hydrogen (secondary N) is 1. The molecule has 0 spiro atoms. The van der Waals surface area contributed by atoms with Crippen LogP contribution in [0, 0.1) is 0 Å². The number of alkyl halides is 3. The van der Waals surface area contributed by atoms with Crippen LogP contribution >= 0.6 is 11.3 Å². The van der Waals surface area contributed by atoms with Crippen LogP contribution in [0.3, 0.4) is 0 Å². The Hall–Kier alpha value is -3.09. The number of imidazole rings is 1. The summed E-state index contributed by atoms with van der Waals surface area (Å²) in [5.74, 6) is 0.304. The van der Waals surface area contributed by atoms with Gasteiger partial charge in [0.2, 0.25) is 5.95 Å². The van der Waals surface area contributed by atoms with Crippen LogP contribution in [0.1, 0.15) is 28.8 Å². The molecule has 0 amide bonds. The van der Waals surface area contributed by atoms with Gasteiger partial charge in [-0.25, -0.2) is 15.0 Å². The lowest BCUT2D eigenvalue weighted by Crippen LogP contribution is -2.05. The normalized spacial score (nSPS) is 12.0. The Morgan fingerprint density at radius 1 is 1.21 bits per heavy atom. The summed E-state index contributed by atoms with van der Waals surface area (Å²) in [6.07, 6.45) is -2.13. The van der Waals surface area contributed by atoms with Gasteiger partial charge in [0.25, 0.3) is 0 Å². The van der Waals surface area contributed by atoms with Crippen LogP contribution in [0.2, 0.25) is 0 Å². The number of fused-ring (bicyclic) bond motifs is 2. The molecule has 0 atom stereocenters. The van der Waals surface area contributed by atoms with Crippen molar-refractivity contribution in [1.82, 2.24) is 19.5 Å². The number of anilines is 2. The average Bonchev–Trinajstić information content (AvgIpc) is 3.32. The second-order valence-electron chi connectivity index (χ2n) is 7.25. The third-order valence-corrected chi connectivity index (χ3v) is 5.83. The van der Waals surface area contributed by atoms with Crippen molar-refractivity contribution in [2.45, 2.75) is 19.0 Å². The van der Waals surface area contributed by atoms with Crippen molar-refractivity contribution in [3.8, 4) is 0 Å². The minimum Gasteiger partial charge on any atom is -0.394 e. The Balaban J connectivity index is 1.51. The molecule has 3 aromatic heterocycles. The molecule has 0 aliphatic heterocycles. The SMILES string of the molecule is Cn1c(Nc2nc3ccc(C(F)(F)F)cc3s2)nc2cc(C(=O)CCCOCCO)cnc21. The van der Waals surface area contributed by atoms with Gasteiger partial charge < -0.3 is 15.2 Å². The van der Waals surface area contributed by atoms with E-state index in [9.17, 15) is 18.0 Å². The topological polar surface area (TPSA) is 102 Å².